The van der Waals surface area contributed by atoms with Crippen molar-refractivity contribution in [2.24, 2.45) is 0 Å². The molecule has 2 amide bonds. The third-order valence-electron chi connectivity index (χ3n) is 6.96. The van der Waals surface area contributed by atoms with Crippen molar-refractivity contribution in [3.05, 3.63) is 77.3 Å². The van der Waals surface area contributed by atoms with E-state index in [4.69, 9.17) is 9.15 Å². The monoisotopic (exact) mass is 609 g/mol. The van der Waals surface area contributed by atoms with Gasteiger partial charge in [0.05, 0.1) is 23.1 Å². The van der Waals surface area contributed by atoms with Crippen LogP contribution in [0.2, 0.25) is 0 Å². The largest absolute Gasteiger partial charge is 0.436 e. The summed E-state index contributed by atoms with van der Waals surface area (Å²) in [5.74, 6) is -0.640. The van der Waals surface area contributed by atoms with Gasteiger partial charge >= 0.3 is 0 Å². The van der Waals surface area contributed by atoms with Crippen LogP contribution >= 0.6 is 15.9 Å². The number of carbonyl (C=O) groups is 2. The Morgan fingerprint density at radius 2 is 1.74 bits per heavy atom. The van der Waals surface area contributed by atoms with Crippen molar-refractivity contribution in [1.29, 1.82) is 0 Å². The van der Waals surface area contributed by atoms with E-state index in [0.29, 0.717) is 35.8 Å². The highest BCUT2D eigenvalue weighted by atomic mass is 79.9. The second-order valence-electron chi connectivity index (χ2n) is 9.48. The maximum Gasteiger partial charge on any atom is 0.252 e. The summed E-state index contributed by atoms with van der Waals surface area (Å²) in [4.78, 5) is 32.4. The summed E-state index contributed by atoms with van der Waals surface area (Å²) in [6, 6.07) is 19.2. The fourth-order valence-electron chi connectivity index (χ4n) is 4.98. The van der Waals surface area contributed by atoms with E-state index in [0.717, 1.165) is 25.6 Å². The molecule has 11 heteroatoms. The number of benzene rings is 3. The molecule has 9 nitrogen and oxygen atoms in total. The van der Waals surface area contributed by atoms with Crippen molar-refractivity contribution >= 4 is 54.6 Å². The van der Waals surface area contributed by atoms with Crippen LogP contribution in [0.4, 0.5) is 5.69 Å². The molecule has 0 spiro atoms. The van der Waals surface area contributed by atoms with Crippen molar-refractivity contribution < 1.29 is 27.2 Å². The van der Waals surface area contributed by atoms with Gasteiger partial charge in [-0.2, -0.15) is 4.31 Å². The van der Waals surface area contributed by atoms with Crippen molar-refractivity contribution in [2.45, 2.75) is 36.3 Å². The van der Waals surface area contributed by atoms with E-state index in [2.05, 4.69) is 20.9 Å². The second-order valence-corrected chi connectivity index (χ2v) is 12.3. The van der Waals surface area contributed by atoms with E-state index in [1.807, 2.05) is 24.3 Å². The highest BCUT2D eigenvalue weighted by molar-refractivity contribution is 9.10. The molecule has 0 saturated carbocycles. The van der Waals surface area contributed by atoms with Gasteiger partial charge in [-0.1, -0.05) is 28.1 Å². The predicted octanol–water partition coefficient (Wildman–Crippen LogP) is 4.76. The summed E-state index contributed by atoms with van der Waals surface area (Å²) in [6.07, 6.45) is 0.895. The number of anilines is 1. The van der Waals surface area contributed by atoms with Gasteiger partial charge in [0, 0.05) is 23.2 Å². The van der Waals surface area contributed by atoms with Crippen LogP contribution in [0.5, 0.6) is 0 Å². The number of hydrogen-bond acceptors (Lipinski definition) is 7. The van der Waals surface area contributed by atoms with Crippen LogP contribution in [0.3, 0.4) is 0 Å². The average molecular weight is 610 g/mol. The first kappa shape index (κ1) is 25.9. The van der Waals surface area contributed by atoms with Gasteiger partial charge in [0.2, 0.25) is 21.8 Å². The molecule has 2 aliphatic rings. The van der Waals surface area contributed by atoms with Gasteiger partial charge in [-0.25, -0.2) is 18.3 Å². The molecule has 0 aliphatic carbocycles. The normalized spacial score (nSPS) is 20.0. The van der Waals surface area contributed by atoms with Crippen LogP contribution < -0.4 is 4.90 Å². The Kier molecular flexibility index (Phi) is 6.84. The maximum absolute atomic E-state index is 13.7. The standard InChI is InChI=1S/C28H24BrN3O6S/c29-19-9-13-22(14-10-19)39(35,36)31(17-21-4-3-15-37-21)24-16-26(33)32(28(24)34)20-11-7-18(8-12-20)27-30-23-5-1-2-6-25(23)38-27/h1-2,5-14,21,24H,3-4,15-17H2. The summed E-state index contributed by atoms with van der Waals surface area (Å²) in [7, 11) is -4.09. The summed E-state index contributed by atoms with van der Waals surface area (Å²) >= 11 is 3.32. The van der Waals surface area contributed by atoms with Gasteiger partial charge in [0.25, 0.3) is 5.91 Å². The first-order chi connectivity index (χ1) is 18.8. The Morgan fingerprint density at radius 1 is 1.00 bits per heavy atom. The van der Waals surface area contributed by atoms with E-state index in [1.54, 1.807) is 36.4 Å². The van der Waals surface area contributed by atoms with Crippen molar-refractivity contribution in [3.63, 3.8) is 0 Å². The first-order valence-electron chi connectivity index (χ1n) is 12.5. The number of rotatable bonds is 7. The fraction of sp³-hybridized carbons (Fsp3) is 0.250. The molecular weight excluding hydrogens is 586 g/mol. The third kappa shape index (κ3) is 4.91. The Labute approximate surface area is 233 Å². The number of ether oxygens (including phenoxy) is 1. The van der Waals surface area contributed by atoms with E-state index in [1.165, 1.54) is 12.1 Å². The summed E-state index contributed by atoms with van der Waals surface area (Å²) in [5, 5.41) is 0. The first-order valence-corrected chi connectivity index (χ1v) is 14.8. The summed E-state index contributed by atoms with van der Waals surface area (Å²) in [6.45, 7) is 0.527. The molecule has 6 rings (SSSR count). The lowest BCUT2D eigenvalue weighted by Gasteiger charge is -2.29. The fourth-order valence-corrected chi connectivity index (χ4v) is 6.86. The molecule has 0 N–H and O–H groups in total. The van der Waals surface area contributed by atoms with Gasteiger partial charge in [0.15, 0.2) is 5.58 Å². The molecule has 4 aromatic rings. The number of fused-ring (bicyclic) bond motifs is 1. The predicted molar refractivity (Wildman–Crippen MR) is 147 cm³/mol. The molecule has 39 heavy (non-hydrogen) atoms. The van der Waals surface area contributed by atoms with Crippen molar-refractivity contribution in [1.82, 2.24) is 9.29 Å². The average Bonchev–Trinajstić information content (AvgIpc) is 3.67. The topological polar surface area (TPSA) is 110 Å². The van der Waals surface area contributed by atoms with Gasteiger partial charge in [-0.15, -0.1) is 0 Å². The molecule has 0 radical (unpaired) electrons. The molecule has 2 unspecified atom stereocenters. The number of hydrogen-bond donors (Lipinski definition) is 0. The van der Waals surface area contributed by atoms with E-state index < -0.39 is 27.9 Å². The number of carbonyl (C=O) groups excluding carboxylic acids is 2. The Bertz CT molecular complexity index is 1610. The van der Waals surface area contributed by atoms with Crippen molar-refractivity contribution in [2.75, 3.05) is 18.1 Å². The Hall–Kier alpha value is -3.38. The minimum absolute atomic E-state index is 0.00736. The van der Waals surface area contributed by atoms with E-state index in [-0.39, 0.29) is 24.0 Å². The molecular formula is C28H24BrN3O6S. The van der Waals surface area contributed by atoms with Gasteiger partial charge in [-0.3, -0.25) is 9.59 Å². The number of oxazole rings is 1. The molecule has 3 heterocycles. The number of sulfonamides is 1. The lowest BCUT2D eigenvalue weighted by molar-refractivity contribution is -0.122. The van der Waals surface area contributed by atoms with Crippen LogP contribution in [-0.2, 0) is 24.3 Å². The molecule has 2 atom stereocenters. The third-order valence-corrected chi connectivity index (χ3v) is 9.38. The number of imide groups is 1. The molecule has 200 valence electrons. The zero-order valence-corrected chi connectivity index (χ0v) is 23.1. The molecule has 2 saturated heterocycles. The smallest absolute Gasteiger partial charge is 0.252 e. The van der Waals surface area contributed by atoms with Crippen LogP contribution in [0.1, 0.15) is 19.3 Å². The molecule has 3 aromatic carbocycles. The molecule has 2 fully saturated rings. The number of nitrogens with zero attached hydrogens (tertiary/aromatic N) is 3. The highest BCUT2D eigenvalue weighted by Gasteiger charge is 2.47. The van der Waals surface area contributed by atoms with Gasteiger partial charge in [-0.05, 0) is 73.5 Å². The molecule has 1 aromatic heterocycles. The zero-order valence-electron chi connectivity index (χ0n) is 20.7. The minimum atomic E-state index is -4.09. The second kappa shape index (κ2) is 10.3. The zero-order chi connectivity index (χ0) is 27.1. The summed E-state index contributed by atoms with van der Waals surface area (Å²) in [5.41, 5.74) is 2.42. The lowest BCUT2D eigenvalue weighted by Crippen LogP contribution is -2.48. The van der Waals surface area contributed by atoms with Crippen LogP contribution in [0.15, 0.2) is 86.6 Å². The number of halogens is 1. The van der Waals surface area contributed by atoms with Crippen LogP contribution in [0, 0.1) is 0 Å². The Morgan fingerprint density at radius 3 is 2.44 bits per heavy atom. The molecule has 2 aliphatic heterocycles. The summed E-state index contributed by atoms with van der Waals surface area (Å²) < 4.78 is 40.9. The number of amides is 2. The number of aromatic nitrogens is 1. The van der Waals surface area contributed by atoms with E-state index >= 15 is 0 Å². The maximum atomic E-state index is 13.7. The van der Waals surface area contributed by atoms with Crippen molar-refractivity contribution in [3.8, 4) is 11.5 Å². The van der Waals surface area contributed by atoms with Gasteiger partial charge in [0.1, 0.15) is 11.6 Å². The Balaban J connectivity index is 1.29. The lowest BCUT2D eigenvalue weighted by atomic mass is 10.2. The number of para-hydroxylation sites is 2. The minimum Gasteiger partial charge on any atom is -0.436 e. The highest BCUT2D eigenvalue weighted by Crippen LogP contribution is 2.32. The SMILES string of the molecule is O=C1CC(N(CC2CCCO2)S(=O)(=O)c2ccc(Br)cc2)C(=O)N1c1ccc(-c2nc3ccccc3o2)cc1. The van der Waals surface area contributed by atoms with Gasteiger partial charge < -0.3 is 9.15 Å². The quantitative estimate of drug-likeness (QED) is 0.278. The van der Waals surface area contributed by atoms with Crippen LogP contribution in [0.25, 0.3) is 22.6 Å². The molecule has 0 bridgehead atoms. The van der Waals surface area contributed by atoms with E-state index in [9.17, 15) is 18.0 Å². The van der Waals surface area contributed by atoms with Crippen LogP contribution in [-0.4, -0.2) is 54.8 Å².